The Morgan fingerprint density at radius 1 is 1.12 bits per heavy atom. The summed E-state index contributed by atoms with van der Waals surface area (Å²) in [5.74, 6) is 0.880. The lowest BCUT2D eigenvalue weighted by Crippen LogP contribution is -2.08. The fraction of sp³-hybridized carbons (Fsp3) is 0.286. The van der Waals surface area contributed by atoms with Gasteiger partial charge in [-0.25, -0.2) is 0 Å². The van der Waals surface area contributed by atoms with E-state index in [1.165, 1.54) is 0 Å². The van der Waals surface area contributed by atoms with Crippen LogP contribution in [0, 0.1) is 0 Å². The monoisotopic (exact) mass is 231 g/mol. The molecule has 1 heterocycles. The molecule has 1 aromatic carbocycles. The molecule has 17 heavy (non-hydrogen) atoms. The molecular formula is C14H17NO2. The van der Waals surface area contributed by atoms with Gasteiger partial charge in [0.15, 0.2) is 0 Å². The molecule has 0 saturated heterocycles. The van der Waals surface area contributed by atoms with Crippen LogP contribution >= 0.6 is 0 Å². The van der Waals surface area contributed by atoms with E-state index in [9.17, 15) is 5.11 Å². The molecule has 2 rings (SSSR count). The molecular weight excluding hydrogens is 214 g/mol. The van der Waals surface area contributed by atoms with Crippen molar-refractivity contribution in [3.63, 3.8) is 0 Å². The fourth-order valence-corrected chi connectivity index (χ4v) is 1.83. The first-order valence-electron chi connectivity index (χ1n) is 5.75. The average molecular weight is 231 g/mol. The molecule has 0 amide bonds. The van der Waals surface area contributed by atoms with Crippen molar-refractivity contribution >= 4 is 5.69 Å². The lowest BCUT2D eigenvalue weighted by molar-refractivity contribution is 0.200. The minimum atomic E-state index is -0.484. The molecule has 0 aliphatic carbocycles. The number of rotatable bonds is 4. The lowest BCUT2D eigenvalue weighted by Gasteiger charge is -2.17. The van der Waals surface area contributed by atoms with Crippen molar-refractivity contribution in [2.45, 2.75) is 26.0 Å². The van der Waals surface area contributed by atoms with Gasteiger partial charge in [-0.2, -0.15) is 0 Å². The number of anilines is 1. The number of nitrogens with one attached hydrogen (secondary N) is 1. The predicted molar refractivity (Wildman–Crippen MR) is 67.8 cm³/mol. The van der Waals surface area contributed by atoms with Crippen molar-refractivity contribution in [1.29, 1.82) is 0 Å². The molecule has 0 aliphatic heterocycles. The van der Waals surface area contributed by atoms with Crippen molar-refractivity contribution in [3.8, 4) is 0 Å². The van der Waals surface area contributed by atoms with Crippen LogP contribution in [0.15, 0.2) is 47.1 Å². The Kier molecular flexibility index (Phi) is 3.49. The number of aliphatic hydroxyl groups is 1. The highest BCUT2D eigenvalue weighted by Crippen LogP contribution is 2.26. The van der Waals surface area contributed by atoms with Gasteiger partial charge in [0, 0.05) is 11.3 Å². The van der Waals surface area contributed by atoms with E-state index in [1.807, 2.05) is 43.3 Å². The van der Waals surface area contributed by atoms with Gasteiger partial charge in [-0.15, -0.1) is 0 Å². The quantitative estimate of drug-likeness (QED) is 0.846. The van der Waals surface area contributed by atoms with E-state index >= 15 is 0 Å². The van der Waals surface area contributed by atoms with Crippen LogP contribution in [0.2, 0.25) is 0 Å². The summed E-state index contributed by atoms with van der Waals surface area (Å²) in [4.78, 5) is 0. The number of benzene rings is 1. The Morgan fingerprint density at radius 3 is 2.53 bits per heavy atom. The van der Waals surface area contributed by atoms with Crippen molar-refractivity contribution in [2.75, 3.05) is 5.32 Å². The van der Waals surface area contributed by atoms with Crippen LogP contribution in [-0.4, -0.2) is 5.11 Å². The summed E-state index contributed by atoms with van der Waals surface area (Å²) in [6.45, 7) is 3.79. The number of aliphatic hydroxyl groups excluding tert-OH is 1. The molecule has 0 aliphatic rings. The lowest BCUT2D eigenvalue weighted by atomic mass is 10.1. The summed E-state index contributed by atoms with van der Waals surface area (Å²) >= 11 is 0. The first-order chi connectivity index (χ1) is 8.18. The van der Waals surface area contributed by atoms with Gasteiger partial charge < -0.3 is 14.8 Å². The Hall–Kier alpha value is -1.74. The van der Waals surface area contributed by atoms with E-state index in [4.69, 9.17) is 4.42 Å². The Bertz CT molecular complexity index is 463. The standard InChI is InChI=1S/C14H17NO2/c1-10(14-8-5-9-17-14)15-13-7-4-3-6-12(13)11(2)16/h3-11,15-16H,1-2H3. The zero-order chi connectivity index (χ0) is 12.3. The summed E-state index contributed by atoms with van der Waals surface area (Å²) in [7, 11) is 0. The highest BCUT2D eigenvalue weighted by molar-refractivity contribution is 5.53. The second-order valence-electron chi connectivity index (χ2n) is 4.14. The molecule has 3 nitrogen and oxygen atoms in total. The summed E-state index contributed by atoms with van der Waals surface area (Å²) in [6.07, 6.45) is 1.18. The summed E-state index contributed by atoms with van der Waals surface area (Å²) < 4.78 is 5.34. The van der Waals surface area contributed by atoms with E-state index in [1.54, 1.807) is 13.2 Å². The average Bonchev–Trinajstić information content (AvgIpc) is 2.83. The number of furan rings is 1. The second-order valence-corrected chi connectivity index (χ2v) is 4.14. The minimum absolute atomic E-state index is 0.0740. The van der Waals surface area contributed by atoms with Crippen molar-refractivity contribution in [3.05, 3.63) is 54.0 Å². The van der Waals surface area contributed by atoms with Gasteiger partial charge >= 0.3 is 0 Å². The van der Waals surface area contributed by atoms with Gasteiger partial charge in [0.25, 0.3) is 0 Å². The molecule has 2 unspecified atom stereocenters. The predicted octanol–water partition coefficient (Wildman–Crippen LogP) is 3.51. The summed E-state index contributed by atoms with van der Waals surface area (Å²) in [6, 6.07) is 11.6. The van der Waals surface area contributed by atoms with Crippen LogP contribution in [0.1, 0.15) is 37.3 Å². The Balaban J connectivity index is 2.18. The minimum Gasteiger partial charge on any atom is -0.467 e. The Morgan fingerprint density at radius 2 is 1.88 bits per heavy atom. The fourth-order valence-electron chi connectivity index (χ4n) is 1.83. The van der Waals surface area contributed by atoms with E-state index in [-0.39, 0.29) is 6.04 Å². The maximum atomic E-state index is 9.68. The van der Waals surface area contributed by atoms with Gasteiger partial charge in [0.1, 0.15) is 5.76 Å². The molecule has 2 atom stereocenters. The van der Waals surface area contributed by atoms with Crippen LogP contribution in [0.25, 0.3) is 0 Å². The number of para-hydroxylation sites is 1. The van der Waals surface area contributed by atoms with E-state index in [2.05, 4.69) is 5.32 Å². The molecule has 0 bridgehead atoms. The maximum Gasteiger partial charge on any atom is 0.125 e. The topological polar surface area (TPSA) is 45.4 Å². The SMILES string of the molecule is CC(O)c1ccccc1NC(C)c1ccco1. The molecule has 0 fully saturated rings. The molecule has 90 valence electrons. The van der Waals surface area contributed by atoms with Gasteiger partial charge in [-0.1, -0.05) is 18.2 Å². The third-order valence-electron chi connectivity index (χ3n) is 2.75. The molecule has 0 spiro atoms. The highest BCUT2D eigenvalue weighted by atomic mass is 16.3. The van der Waals surface area contributed by atoms with E-state index in [0.717, 1.165) is 17.0 Å². The number of hydrogen-bond donors (Lipinski definition) is 2. The molecule has 3 heteroatoms. The van der Waals surface area contributed by atoms with E-state index < -0.39 is 6.10 Å². The highest BCUT2D eigenvalue weighted by Gasteiger charge is 2.12. The molecule has 0 radical (unpaired) electrons. The smallest absolute Gasteiger partial charge is 0.125 e. The van der Waals surface area contributed by atoms with Crippen LogP contribution in [0.3, 0.4) is 0 Å². The van der Waals surface area contributed by atoms with Crippen molar-refractivity contribution in [2.24, 2.45) is 0 Å². The molecule has 0 saturated carbocycles. The summed E-state index contributed by atoms with van der Waals surface area (Å²) in [5.41, 5.74) is 1.83. The van der Waals surface area contributed by atoms with Crippen LogP contribution in [-0.2, 0) is 0 Å². The first-order valence-corrected chi connectivity index (χ1v) is 5.75. The third kappa shape index (κ3) is 2.68. The van der Waals surface area contributed by atoms with E-state index in [0.29, 0.717) is 0 Å². The van der Waals surface area contributed by atoms with Crippen LogP contribution < -0.4 is 5.32 Å². The summed E-state index contributed by atoms with van der Waals surface area (Å²) in [5, 5.41) is 13.0. The van der Waals surface area contributed by atoms with Gasteiger partial charge in [-0.05, 0) is 32.0 Å². The molecule has 2 N–H and O–H groups in total. The molecule has 1 aromatic heterocycles. The van der Waals surface area contributed by atoms with Crippen LogP contribution in [0.5, 0.6) is 0 Å². The van der Waals surface area contributed by atoms with Gasteiger partial charge in [0.05, 0.1) is 18.4 Å². The Labute approximate surface area is 101 Å². The third-order valence-corrected chi connectivity index (χ3v) is 2.75. The van der Waals surface area contributed by atoms with Gasteiger partial charge in [-0.3, -0.25) is 0 Å². The normalized spacial score (nSPS) is 14.3. The first kappa shape index (κ1) is 11.7. The number of hydrogen-bond acceptors (Lipinski definition) is 3. The van der Waals surface area contributed by atoms with Crippen molar-refractivity contribution < 1.29 is 9.52 Å². The molecule has 2 aromatic rings. The largest absolute Gasteiger partial charge is 0.467 e. The van der Waals surface area contributed by atoms with Gasteiger partial charge in [0.2, 0.25) is 0 Å². The van der Waals surface area contributed by atoms with Crippen LogP contribution in [0.4, 0.5) is 5.69 Å². The van der Waals surface area contributed by atoms with Crippen molar-refractivity contribution in [1.82, 2.24) is 0 Å². The zero-order valence-electron chi connectivity index (χ0n) is 10.1. The maximum absolute atomic E-state index is 9.68. The second kappa shape index (κ2) is 5.06. The zero-order valence-corrected chi connectivity index (χ0v) is 10.1.